The molecule has 0 amide bonds. The molecule has 1 atom stereocenters. The van der Waals surface area contributed by atoms with E-state index in [0.717, 1.165) is 0 Å². The smallest absolute Gasteiger partial charge is 0.357 e. The summed E-state index contributed by atoms with van der Waals surface area (Å²) >= 11 is 0. The van der Waals surface area contributed by atoms with Crippen molar-refractivity contribution in [3.8, 4) is 0 Å². The summed E-state index contributed by atoms with van der Waals surface area (Å²) in [5.41, 5.74) is -5.23. The number of sulfonamides is 1. The fraction of sp³-hybridized carbons (Fsp3) is 0.941. The van der Waals surface area contributed by atoms with Gasteiger partial charge in [0.1, 0.15) is 0 Å². The molecule has 12 heteroatoms. The van der Waals surface area contributed by atoms with E-state index in [4.69, 9.17) is 0 Å². The minimum atomic E-state index is -5.23. The third kappa shape index (κ3) is 7.69. The van der Waals surface area contributed by atoms with Crippen LogP contribution < -0.4 is 10.6 Å². The van der Waals surface area contributed by atoms with E-state index in [1.165, 1.54) is 12.8 Å². The average molecular weight is 555 g/mol. The third-order valence-electron chi connectivity index (χ3n) is 5.37. The molecular formula is C17H33F3IN5O2S. The summed E-state index contributed by atoms with van der Waals surface area (Å²) in [5, 5.41) is 6.45. The zero-order chi connectivity index (χ0) is 20.9. The maximum absolute atomic E-state index is 12.7. The van der Waals surface area contributed by atoms with Gasteiger partial charge in [0, 0.05) is 32.2 Å². The van der Waals surface area contributed by atoms with Gasteiger partial charge in [-0.25, -0.2) is 8.42 Å². The van der Waals surface area contributed by atoms with Crippen molar-refractivity contribution >= 4 is 40.0 Å². The molecule has 0 radical (unpaired) electrons. The molecule has 2 rings (SSSR count). The van der Waals surface area contributed by atoms with Gasteiger partial charge in [-0.1, -0.05) is 0 Å². The molecule has 0 bridgehead atoms. The Morgan fingerprint density at radius 2 is 1.76 bits per heavy atom. The van der Waals surface area contributed by atoms with Crippen LogP contribution in [0.1, 0.15) is 32.6 Å². The molecule has 1 saturated carbocycles. The van der Waals surface area contributed by atoms with E-state index in [1.807, 2.05) is 6.92 Å². The average Bonchev–Trinajstić information content (AvgIpc) is 3.44. The molecule has 0 aromatic rings. The van der Waals surface area contributed by atoms with E-state index < -0.39 is 15.5 Å². The van der Waals surface area contributed by atoms with Crippen LogP contribution in [-0.2, 0) is 10.0 Å². The Bertz CT molecular complexity index is 631. The van der Waals surface area contributed by atoms with Crippen LogP contribution in [0.4, 0.5) is 13.2 Å². The molecule has 1 aliphatic carbocycles. The Hall–Kier alpha value is -0.340. The van der Waals surface area contributed by atoms with Crippen LogP contribution in [0.5, 0.6) is 0 Å². The number of rotatable bonds is 8. The SMILES string of the molecule is CCNC(=NCC(C1CC1)N(C)C)NCC1CCN(S(=O)(=O)C(F)(F)F)CC1.I. The van der Waals surface area contributed by atoms with Crippen molar-refractivity contribution in [3.63, 3.8) is 0 Å². The molecule has 29 heavy (non-hydrogen) atoms. The van der Waals surface area contributed by atoms with Gasteiger partial charge < -0.3 is 15.5 Å². The number of alkyl halides is 3. The van der Waals surface area contributed by atoms with Gasteiger partial charge >= 0.3 is 15.5 Å². The van der Waals surface area contributed by atoms with Crippen LogP contribution in [0, 0.1) is 11.8 Å². The van der Waals surface area contributed by atoms with E-state index in [-0.39, 0.29) is 43.0 Å². The van der Waals surface area contributed by atoms with Crippen LogP contribution in [0.3, 0.4) is 0 Å². The molecule has 1 aliphatic heterocycles. The van der Waals surface area contributed by atoms with Gasteiger partial charge in [-0.15, -0.1) is 24.0 Å². The number of aliphatic imine (C=N–C) groups is 1. The summed E-state index contributed by atoms with van der Waals surface area (Å²) in [5.74, 6) is 1.50. The number of nitrogens with zero attached hydrogens (tertiary/aromatic N) is 3. The number of hydrogen-bond acceptors (Lipinski definition) is 4. The van der Waals surface area contributed by atoms with Crippen LogP contribution >= 0.6 is 24.0 Å². The topological polar surface area (TPSA) is 77.0 Å². The summed E-state index contributed by atoms with van der Waals surface area (Å²) in [4.78, 5) is 6.86. The minimum absolute atomic E-state index is 0. The highest BCUT2D eigenvalue weighted by molar-refractivity contribution is 14.0. The maximum Gasteiger partial charge on any atom is 0.511 e. The van der Waals surface area contributed by atoms with Crippen molar-refractivity contribution in [1.29, 1.82) is 0 Å². The standard InChI is InChI=1S/C17H32F3N5O2S.HI/c1-4-21-16(23-12-15(24(2)3)14-5-6-14)22-11-13-7-9-25(10-8-13)28(26,27)17(18,19)20;/h13-15H,4-12H2,1-3H3,(H2,21,22,23);1H. The van der Waals surface area contributed by atoms with E-state index in [1.54, 1.807) is 0 Å². The molecule has 7 nitrogen and oxygen atoms in total. The Kier molecular flexibility index (Phi) is 10.4. The molecule has 0 aromatic heterocycles. The van der Waals surface area contributed by atoms with Gasteiger partial charge in [0.15, 0.2) is 5.96 Å². The van der Waals surface area contributed by atoms with E-state index in [9.17, 15) is 21.6 Å². The monoisotopic (exact) mass is 555 g/mol. The number of likely N-dealkylation sites (N-methyl/N-ethyl adjacent to an activating group) is 1. The molecule has 0 aromatic carbocycles. The quantitative estimate of drug-likeness (QED) is 0.273. The molecular weight excluding hydrogens is 522 g/mol. The molecule has 0 spiro atoms. The fourth-order valence-corrected chi connectivity index (χ4v) is 4.47. The first-order valence-electron chi connectivity index (χ1n) is 9.81. The second-order valence-electron chi connectivity index (χ2n) is 7.76. The Labute approximate surface area is 188 Å². The van der Waals surface area contributed by atoms with Crippen molar-refractivity contribution in [2.45, 2.75) is 44.2 Å². The van der Waals surface area contributed by atoms with Crippen LogP contribution in [0.15, 0.2) is 4.99 Å². The number of piperidine rings is 1. The van der Waals surface area contributed by atoms with Crippen molar-refractivity contribution < 1.29 is 21.6 Å². The van der Waals surface area contributed by atoms with Gasteiger partial charge in [0.25, 0.3) is 0 Å². The maximum atomic E-state index is 12.7. The molecule has 172 valence electrons. The van der Waals surface area contributed by atoms with E-state index >= 15 is 0 Å². The lowest BCUT2D eigenvalue weighted by atomic mass is 9.98. The molecule has 1 saturated heterocycles. The summed E-state index contributed by atoms with van der Waals surface area (Å²) < 4.78 is 61.5. The largest absolute Gasteiger partial charge is 0.511 e. The van der Waals surface area contributed by atoms with Gasteiger partial charge in [-0.3, -0.25) is 4.99 Å². The van der Waals surface area contributed by atoms with Crippen LogP contribution in [-0.4, -0.2) is 82.0 Å². The predicted octanol–water partition coefficient (Wildman–Crippen LogP) is 2.06. The summed E-state index contributed by atoms with van der Waals surface area (Å²) in [6.45, 7) is 3.72. The first kappa shape index (κ1) is 26.7. The highest BCUT2D eigenvalue weighted by Gasteiger charge is 2.50. The summed E-state index contributed by atoms with van der Waals surface area (Å²) in [7, 11) is -1.10. The molecule has 2 fully saturated rings. The summed E-state index contributed by atoms with van der Waals surface area (Å²) in [6, 6.07) is 0.409. The first-order chi connectivity index (χ1) is 13.1. The second kappa shape index (κ2) is 11.3. The minimum Gasteiger partial charge on any atom is -0.357 e. The lowest BCUT2D eigenvalue weighted by molar-refractivity contribution is -0.0496. The number of hydrogen-bond donors (Lipinski definition) is 2. The zero-order valence-electron chi connectivity index (χ0n) is 17.2. The van der Waals surface area contributed by atoms with Crippen molar-refractivity contribution in [1.82, 2.24) is 19.8 Å². The first-order valence-corrected chi connectivity index (χ1v) is 11.2. The van der Waals surface area contributed by atoms with Crippen LogP contribution in [0.2, 0.25) is 0 Å². The number of nitrogens with one attached hydrogen (secondary N) is 2. The van der Waals surface area contributed by atoms with Gasteiger partial charge in [-0.2, -0.15) is 17.5 Å². The molecule has 1 unspecified atom stereocenters. The van der Waals surface area contributed by atoms with Gasteiger partial charge in [0.2, 0.25) is 0 Å². The highest BCUT2D eigenvalue weighted by Crippen LogP contribution is 2.34. The zero-order valence-corrected chi connectivity index (χ0v) is 20.4. The third-order valence-corrected chi connectivity index (χ3v) is 7.00. The molecule has 2 N–H and O–H groups in total. The number of halogens is 4. The fourth-order valence-electron chi connectivity index (χ4n) is 3.48. The number of guanidine groups is 1. The van der Waals surface area contributed by atoms with E-state index in [2.05, 4.69) is 34.6 Å². The second-order valence-corrected chi connectivity index (χ2v) is 9.69. The molecule has 2 aliphatic rings. The molecule has 1 heterocycles. The lowest BCUT2D eigenvalue weighted by Gasteiger charge is -2.31. The van der Waals surface area contributed by atoms with Crippen molar-refractivity contribution in [3.05, 3.63) is 0 Å². The van der Waals surface area contributed by atoms with Crippen LogP contribution in [0.25, 0.3) is 0 Å². The Balaban J connectivity index is 0.00000420. The lowest BCUT2D eigenvalue weighted by Crippen LogP contribution is -2.47. The Morgan fingerprint density at radius 1 is 1.17 bits per heavy atom. The van der Waals surface area contributed by atoms with Crippen molar-refractivity contribution in [2.75, 3.05) is 46.8 Å². The highest BCUT2D eigenvalue weighted by atomic mass is 127. The van der Waals surface area contributed by atoms with Gasteiger partial charge in [-0.05, 0) is 58.5 Å². The van der Waals surface area contributed by atoms with Crippen molar-refractivity contribution in [2.24, 2.45) is 16.8 Å². The van der Waals surface area contributed by atoms with E-state index in [0.29, 0.717) is 54.7 Å². The normalized spacial score (nSPS) is 21.0. The summed E-state index contributed by atoms with van der Waals surface area (Å²) in [6.07, 6.45) is 3.26. The van der Waals surface area contributed by atoms with Gasteiger partial charge in [0.05, 0.1) is 6.54 Å². The predicted molar refractivity (Wildman–Crippen MR) is 119 cm³/mol. The Morgan fingerprint density at radius 3 is 2.21 bits per heavy atom.